The molecule has 0 radical (unpaired) electrons. The van der Waals surface area contributed by atoms with Gasteiger partial charge in [-0.05, 0) is 43.9 Å². The fourth-order valence-electron chi connectivity index (χ4n) is 4.38. The molecule has 4 rings (SSSR count). The first kappa shape index (κ1) is 17.2. The van der Waals surface area contributed by atoms with Crippen molar-refractivity contribution in [2.75, 3.05) is 20.8 Å². The lowest BCUT2D eigenvalue weighted by atomic mass is 9.79. The van der Waals surface area contributed by atoms with Gasteiger partial charge in [0.15, 0.2) is 0 Å². The molecule has 1 saturated heterocycles. The van der Waals surface area contributed by atoms with E-state index in [4.69, 9.17) is 9.47 Å². The second-order valence-corrected chi connectivity index (χ2v) is 7.07. The highest BCUT2D eigenvalue weighted by Crippen LogP contribution is 2.43. The van der Waals surface area contributed by atoms with Crippen LogP contribution in [-0.4, -0.2) is 64.5 Å². The number of amides is 1. The zero-order chi connectivity index (χ0) is 18.1. The molecule has 2 aliphatic rings. The van der Waals surface area contributed by atoms with Gasteiger partial charge in [0.1, 0.15) is 5.69 Å². The zero-order valence-corrected chi connectivity index (χ0v) is 15.1. The van der Waals surface area contributed by atoms with Gasteiger partial charge < -0.3 is 14.4 Å². The summed E-state index contributed by atoms with van der Waals surface area (Å²) < 4.78 is 11.5. The van der Waals surface area contributed by atoms with Gasteiger partial charge in [-0.15, -0.1) is 0 Å². The summed E-state index contributed by atoms with van der Waals surface area (Å²) in [5.74, 6) is -0.0292. The number of hydrogen-bond donors (Lipinski definition) is 1. The van der Waals surface area contributed by atoms with Crippen molar-refractivity contribution in [1.82, 2.24) is 20.1 Å². The van der Waals surface area contributed by atoms with Crippen LogP contribution in [0.4, 0.5) is 0 Å². The van der Waals surface area contributed by atoms with Crippen LogP contribution in [0.25, 0.3) is 11.3 Å². The second kappa shape index (κ2) is 6.81. The minimum absolute atomic E-state index is 0.0292. The van der Waals surface area contributed by atoms with Gasteiger partial charge in [-0.2, -0.15) is 5.10 Å². The number of carbonyl (C=O) groups excluding carboxylic acids is 1. The van der Waals surface area contributed by atoms with Crippen molar-refractivity contribution in [1.29, 1.82) is 0 Å². The van der Waals surface area contributed by atoms with Crippen LogP contribution in [0.2, 0.25) is 0 Å². The first-order chi connectivity index (χ1) is 12.7. The number of ether oxygens (including phenoxy) is 2. The summed E-state index contributed by atoms with van der Waals surface area (Å²) in [7, 11) is 3.49. The van der Waals surface area contributed by atoms with Gasteiger partial charge in [-0.25, -0.2) is 0 Å². The van der Waals surface area contributed by atoms with Crippen molar-refractivity contribution >= 4 is 5.91 Å². The van der Waals surface area contributed by atoms with Crippen molar-refractivity contribution in [2.24, 2.45) is 0 Å². The summed E-state index contributed by atoms with van der Waals surface area (Å²) in [6, 6.07) is 5.59. The monoisotopic (exact) mass is 356 g/mol. The molecule has 7 nitrogen and oxygen atoms in total. The van der Waals surface area contributed by atoms with Crippen LogP contribution in [0.5, 0.6) is 0 Å². The van der Waals surface area contributed by atoms with E-state index in [2.05, 4.69) is 15.2 Å². The standard InChI is InChI=1S/C19H24N4O3/c1-25-14-3-6-19(26-2)7-10-23(17(19)11-14)18(24)16-12-15(21-22-16)13-4-8-20-9-5-13/h4-5,8-9,12,14,17H,3,6-7,10-11H2,1-2H3,(H,21,22)/t14-,17+,19-/m1/s1. The third-order valence-corrected chi connectivity index (χ3v) is 5.92. The first-order valence-electron chi connectivity index (χ1n) is 9.01. The molecule has 2 fully saturated rings. The molecule has 0 unspecified atom stereocenters. The number of nitrogens with zero attached hydrogens (tertiary/aromatic N) is 3. The molecular weight excluding hydrogens is 332 g/mol. The van der Waals surface area contributed by atoms with E-state index in [0.29, 0.717) is 12.2 Å². The Morgan fingerprint density at radius 2 is 2.12 bits per heavy atom. The van der Waals surface area contributed by atoms with Crippen molar-refractivity contribution < 1.29 is 14.3 Å². The van der Waals surface area contributed by atoms with Gasteiger partial charge in [0.2, 0.25) is 0 Å². The van der Waals surface area contributed by atoms with Crippen LogP contribution >= 0.6 is 0 Å². The van der Waals surface area contributed by atoms with Crippen LogP contribution in [0, 0.1) is 0 Å². The van der Waals surface area contributed by atoms with Gasteiger partial charge >= 0.3 is 0 Å². The topological polar surface area (TPSA) is 80.3 Å². The van der Waals surface area contributed by atoms with Gasteiger partial charge in [0.05, 0.1) is 23.4 Å². The lowest BCUT2D eigenvalue weighted by Crippen LogP contribution is -2.53. The third-order valence-electron chi connectivity index (χ3n) is 5.92. The Bertz CT molecular complexity index is 778. The number of hydrogen-bond acceptors (Lipinski definition) is 5. The average molecular weight is 356 g/mol. The molecule has 1 saturated carbocycles. The number of fused-ring (bicyclic) bond motifs is 1. The minimum atomic E-state index is -0.251. The maximum Gasteiger partial charge on any atom is 0.272 e. The number of methoxy groups -OCH3 is 2. The summed E-state index contributed by atoms with van der Waals surface area (Å²) in [4.78, 5) is 19.1. The third kappa shape index (κ3) is 2.81. The minimum Gasteiger partial charge on any atom is -0.381 e. The highest BCUT2D eigenvalue weighted by molar-refractivity contribution is 5.94. The number of pyridine rings is 1. The molecule has 2 aromatic rings. The van der Waals surface area contributed by atoms with Crippen molar-refractivity contribution in [3.05, 3.63) is 36.3 Å². The summed E-state index contributed by atoms with van der Waals surface area (Å²) in [6.07, 6.45) is 7.16. The Morgan fingerprint density at radius 3 is 2.85 bits per heavy atom. The second-order valence-electron chi connectivity index (χ2n) is 7.07. The number of nitrogens with one attached hydrogen (secondary N) is 1. The van der Waals surface area contributed by atoms with E-state index in [1.165, 1.54) is 0 Å². The number of aromatic nitrogens is 3. The Hall–Kier alpha value is -2.25. The molecular formula is C19H24N4O3. The van der Waals surface area contributed by atoms with E-state index in [9.17, 15) is 4.79 Å². The molecule has 26 heavy (non-hydrogen) atoms. The van der Waals surface area contributed by atoms with E-state index in [1.807, 2.05) is 17.0 Å². The number of aromatic amines is 1. The molecule has 1 N–H and O–H groups in total. The van der Waals surface area contributed by atoms with E-state index in [-0.39, 0.29) is 23.7 Å². The quantitative estimate of drug-likeness (QED) is 0.909. The lowest BCUT2D eigenvalue weighted by Gasteiger charge is -2.43. The SMILES string of the molecule is CO[C@@H]1CC[C@@]2(OC)CCN(C(=O)c3cc(-c4ccncc4)n[nH]3)[C@H]2C1. The first-order valence-corrected chi connectivity index (χ1v) is 9.01. The van der Waals surface area contributed by atoms with Crippen molar-refractivity contribution in [2.45, 2.75) is 43.4 Å². The fraction of sp³-hybridized carbons (Fsp3) is 0.526. The van der Waals surface area contributed by atoms with Crippen LogP contribution < -0.4 is 0 Å². The highest BCUT2D eigenvalue weighted by atomic mass is 16.5. The smallest absolute Gasteiger partial charge is 0.272 e. The van der Waals surface area contributed by atoms with Gasteiger partial charge in [-0.3, -0.25) is 14.9 Å². The zero-order valence-electron chi connectivity index (χ0n) is 15.1. The fourth-order valence-corrected chi connectivity index (χ4v) is 4.38. The largest absolute Gasteiger partial charge is 0.381 e. The molecule has 0 bridgehead atoms. The van der Waals surface area contributed by atoms with Crippen LogP contribution in [0.3, 0.4) is 0 Å². The molecule has 2 aromatic heterocycles. The Kier molecular flexibility index (Phi) is 4.50. The molecule has 7 heteroatoms. The predicted molar refractivity (Wildman–Crippen MR) is 95.6 cm³/mol. The van der Waals surface area contributed by atoms with E-state index < -0.39 is 0 Å². The molecule has 1 amide bonds. The summed E-state index contributed by atoms with van der Waals surface area (Å²) in [6.45, 7) is 0.692. The van der Waals surface area contributed by atoms with Gasteiger partial charge in [0.25, 0.3) is 5.91 Å². The van der Waals surface area contributed by atoms with Gasteiger partial charge in [0, 0.05) is 38.7 Å². The van der Waals surface area contributed by atoms with Crippen molar-refractivity contribution in [3.63, 3.8) is 0 Å². The van der Waals surface area contributed by atoms with Gasteiger partial charge in [-0.1, -0.05) is 0 Å². The number of rotatable bonds is 4. The number of carbonyl (C=O) groups is 1. The van der Waals surface area contributed by atoms with E-state index >= 15 is 0 Å². The van der Waals surface area contributed by atoms with Crippen LogP contribution in [0.15, 0.2) is 30.6 Å². The maximum atomic E-state index is 13.1. The number of likely N-dealkylation sites (tertiary alicyclic amines) is 1. The molecule has 0 spiro atoms. The number of H-pyrrole nitrogens is 1. The molecule has 1 aliphatic heterocycles. The Morgan fingerprint density at radius 1 is 1.31 bits per heavy atom. The lowest BCUT2D eigenvalue weighted by molar-refractivity contribution is -0.0894. The Labute approximate surface area is 152 Å². The highest BCUT2D eigenvalue weighted by Gasteiger charge is 2.52. The summed E-state index contributed by atoms with van der Waals surface area (Å²) in [5.41, 5.74) is 1.92. The molecule has 138 valence electrons. The molecule has 1 aliphatic carbocycles. The Balaban J connectivity index is 1.57. The average Bonchev–Trinajstić information content (AvgIpc) is 3.33. The van der Waals surface area contributed by atoms with Crippen LogP contribution in [-0.2, 0) is 9.47 Å². The van der Waals surface area contributed by atoms with Crippen LogP contribution in [0.1, 0.15) is 36.2 Å². The summed E-state index contributed by atoms with van der Waals surface area (Å²) >= 11 is 0. The van der Waals surface area contributed by atoms with E-state index in [0.717, 1.165) is 36.9 Å². The van der Waals surface area contributed by atoms with E-state index in [1.54, 1.807) is 32.7 Å². The maximum absolute atomic E-state index is 13.1. The van der Waals surface area contributed by atoms with Crippen molar-refractivity contribution in [3.8, 4) is 11.3 Å². The molecule has 3 atom stereocenters. The molecule has 3 heterocycles. The molecule has 0 aromatic carbocycles. The summed E-state index contributed by atoms with van der Waals surface area (Å²) in [5, 5.41) is 7.19. The normalized spacial score (nSPS) is 28.2. The predicted octanol–water partition coefficient (Wildman–Crippen LogP) is 2.27.